The third-order valence-corrected chi connectivity index (χ3v) is 3.90. The highest BCUT2D eigenvalue weighted by Gasteiger charge is 2.15. The molecule has 0 unspecified atom stereocenters. The van der Waals surface area contributed by atoms with E-state index in [1.807, 2.05) is 31.2 Å². The predicted molar refractivity (Wildman–Crippen MR) is 95.1 cm³/mol. The number of benzene rings is 1. The summed E-state index contributed by atoms with van der Waals surface area (Å²) in [7, 11) is 0. The minimum Gasteiger partial charge on any atom is -0.441 e. The van der Waals surface area contributed by atoms with E-state index in [9.17, 15) is 10.1 Å². The summed E-state index contributed by atoms with van der Waals surface area (Å²) >= 11 is 0. The van der Waals surface area contributed by atoms with Gasteiger partial charge in [-0.15, -0.1) is 0 Å². The number of rotatable bonds is 4. The van der Waals surface area contributed by atoms with Crippen molar-refractivity contribution < 1.29 is 13.9 Å². The zero-order valence-electron chi connectivity index (χ0n) is 14.0. The Morgan fingerprint density at radius 3 is 2.60 bits per heavy atom. The molecular weight excluding hydrogens is 318 g/mol. The number of anilines is 2. The summed E-state index contributed by atoms with van der Waals surface area (Å²) in [5, 5.41) is 12.0. The lowest BCUT2D eigenvalue weighted by atomic mass is 10.2. The summed E-state index contributed by atoms with van der Waals surface area (Å²) in [6.07, 6.45) is 1.45. The first-order chi connectivity index (χ1) is 12.2. The molecule has 0 aliphatic carbocycles. The van der Waals surface area contributed by atoms with Crippen LogP contribution in [0.2, 0.25) is 0 Å². The largest absolute Gasteiger partial charge is 0.441 e. The van der Waals surface area contributed by atoms with Gasteiger partial charge in [0, 0.05) is 30.9 Å². The number of carbonyl (C=O) groups excluding carboxylic acids is 1. The number of nitriles is 1. The lowest BCUT2D eigenvalue weighted by molar-refractivity contribution is -0.112. The Labute approximate surface area is 146 Å². The van der Waals surface area contributed by atoms with Crippen molar-refractivity contribution >= 4 is 23.6 Å². The molecule has 1 aromatic carbocycles. The van der Waals surface area contributed by atoms with Gasteiger partial charge < -0.3 is 19.4 Å². The molecule has 1 aliphatic rings. The SMILES string of the molecule is Cc1ccc(NC(=O)/C(C#N)=C\c2ccc(N3CCOCC3)o2)cc1. The molecule has 0 spiro atoms. The van der Waals surface area contributed by atoms with Crippen molar-refractivity contribution in [1.82, 2.24) is 0 Å². The van der Waals surface area contributed by atoms with Crippen LogP contribution in [-0.4, -0.2) is 32.2 Å². The topological polar surface area (TPSA) is 78.5 Å². The van der Waals surface area contributed by atoms with Crippen molar-refractivity contribution in [3.8, 4) is 6.07 Å². The third-order valence-electron chi connectivity index (χ3n) is 3.90. The van der Waals surface area contributed by atoms with Gasteiger partial charge in [0.15, 0.2) is 5.88 Å². The number of aryl methyl sites for hydroxylation is 1. The Morgan fingerprint density at radius 2 is 1.92 bits per heavy atom. The average Bonchev–Trinajstić information content (AvgIpc) is 3.11. The first-order valence-electron chi connectivity index (χ1n) is 8.08. The highest BCUT2D eigenvalue weighted by atomic mass is 16.5. The molecule has 0 atom stereocenters. The molecule has 0 radical (unpaired) electrons. The van der Waals surface area contributed by atoms with E-state index in [-0.39, 0.29) is 5.57 Å². The molecule has 2 heterocycles. The first-order valence-corrected chi connectivity index (χ1v) is 8.08. The highest BCUT2D eigenvalue weighted by molar-refractivity contribution is 6.09. The fourth-order valence-electron chi connectivity index (χ4n) is 2.50. The Kier molecular flexibility index (Phi) is 5.17. The summed E-state index contributed by atoms with van der Waals surface area (Å²) in [6.45, 7) is 4.81. The molecule has 6 nitrogen and oxygen atoms in total. The van der Waals surface area contributed by atoms with Gasteiger partial charge in [0.25, 0.3) is 5.91 Å². The highest BCUT2D eigenvalue weighted by Crippen LogP contribution is 2.21. The minimum atomic E-state index is -0.462. The van der Waals surface area contributed by atoms with Crippen LogP contribution >= 0.6 is 0 Å². The summed E-state index contributed by atoms with van der Waals surface area (Å²) < 4.78 is 11.0. The van der Waals surface area contributed by atoms with Gasteiger partial charge in [0.1, 0.15) is 17.4 Å². The van der Waals surface area contributed by atoms with Crippen molar-refractivity contribution in [2.24, 2.45) is 0 Å². The Morgan fingerprint density at radius 1 is 1.20 bits per heavy atom. The summed E-state index contributed by atoms with van der Waals surface area (Å²) in [5.74, 6) is 0.721. The number of nitrogens with zero attached hydrogens (tertiary/aromatic N) is 2. The second kappa shape index (κ2) is 7.69. The van der Waals surface area contributed by atoms with Gasteiger partial charge in [0.2, 0.25) is 0 Å². The quantitative estimate of drug-likeness (QED) is 0.685. The minimum absolute atomic E-state index is 0.0107. The van der Waals surface area contributed by atoms with E-state index in [1.165, 1.54) is 6.08 Å². The number of carbonyl (C=O) groups is 1. The van der Waals surface area contributed by atoms with Crippen molar-refractivity contribution in [2.75, 3.05) is 36.5 Å². The molecule has 1 fully saturated rings. The number of hydrogen-bond donors (Lipinski definition) is 1. The van der Waals surface area contributed by atoms with Crippen LogP contribution in [0.5, 0.6) is 0 Å². The average molecular weight is 337 g/mol. The zero-order valence-corrected chi connectivity index (χ0v) is 14.0. The monoisotopic (exact) mass is 337 g/mol. The lowest BCUT2D eigenvalue weighted by Crippen LogP contribution is -2.35. The molecule has 1 saturated heterocycles. The van der Waals surface area contributed by atoms with Crippen LogP contribution in [0.4, 0.5) is 11.6 Å². The first kappa shape index (κ1) is 16.8. The van der Waals surface area contributed by atoms with Gasteiger partial charge in [-0.3, -0.25) is 4.79 Å². The number of amides is 1. The second-order valence-electron chi connectivity index (χ2n) is 5.77. The van der Waals surface area contributed by atoms with Crippen LogP contribution in [0.25, 0.3) is 6.08 Å². The van der Waals surface area contributed by atoms with E-state index in [0.29, 0.717) is 30.5 Å². The Hall–Kier alpha value is -3.04. The molecule has 2 aromatic rings. The predicted octanol–water partition coefficient (Wildman–Crippen LogP) is 2.97. The Bertz CT molecular complexity index is 809. The molecule has 3 rings (SSSR count). The summed E-state index contributed by atoms with van der Waals surface area (Å²) in [5.41, 5.74) is 1.73. The van der Waals surface area contributed by atoms with Crippen molar-refractivity contribution in [3.05, 3.63) is 53.3 Å². The van der Waals surface area contributed by atoms with E-state index in [2.05, 4.69) is 10.2 Å². The van der Waals surface area contributed by atoms with Gasteiger partial charge >= 0.3 is 0 Å². The number of ether oxygens (including phenoxy) is 1. The van der Waals surface area contributed by atoms with Gasteiger partial charge in [0.05, 0.1) is 13.2 Å². The molecule has 1 aromatic heterocycles. The van der Waals surface area contributed by atoms with Gasteiger partial charge in [-0.05, 0) is 25.1 Å². The van der Waals surface area contributed by atoms with Crippen molar-refractivity contribution in [3.63, 3.8) is 0 Å². The molecular formula is C19H19N3O3. The van der Waals surface area contributed by atoms with E-state index in [1.54, 1.807) is 18.2 Å². The summed E-state index contributed by atoms with van der Waals surface area (Å²) in [4.78, 5) is 14.3. The number of morpholine rings is 1. The fraction of sp³-hybridized carbons (Fsp3) is 0.263. The van der Waals surface area contributed by atoms with E-state index in [4.69, 9.17) is 9.15 Å². The van der Waals surface area contributed by atoms with Gasteiger partial charge in [-0.1, -0.05) is 17.7 Å². The fourth-order valence-corrected chi connectivity index (χ4v) is 2.50. The van der Waals surface area contributed by atoms with Crippen LogP contribution in [0.3, 0.4) is 0 Å². The number of nitrogens with one attached hydrogen (secondary N) is 1. The molecule has 0 bridgehead atoms. The summed E-state index contributed by atoms with van der Waals surface area (Å²) in [6, 6.07) is 12.9. The smallest absolute Gasteiger partial charge is 0.266 e. The molecule has 128 valence electrons. The zero-order chi connectivity index (χ0) is 17.6. The second-order valence-corrected chi connectivity index (χ2v) is 5.77. The standard InChI is InChI=1S/C19H19N3O3/c1-14-2-4-16(5-3-14)21-19(23)15(13-20)12-17-6-7-18(25-17)22-8-10-24-11-9-22/h2-7,12H,8-11H2,1H3,(H,21,23)/b15-12-. The molecule has 25 heavy (non-hydrogen) atoms. The van der Waals surface area contributed by atoms with Crippen LogP contribution < -0.4 is 10.2 Å². The van der Waals surface area contributed by atoms with Crippen LogP contribution in [0.15, 0.2) is 46.4 Å². The lowest BCUT2D eigenvalue weighted by Gasteiger charge is -2.26. The molecule has 1 N–H and O–H groups in total. The molecule has 6 heteroatoms. The van der Waals surface area contributed by atoms with Crippen LogP contribution in [0, 0.1) is 18.3 Å². The van der Waals surface area contributed by atoms with Gasteiger partial charge in [-0.2, -0.15) is 5.26 Å². The number of furan rings is 1. The molecule has 1 aliphatic heterocycles. The third kappa shape index (κ3) is 4.28. The van der Waals surface area contributed by atoms with Crippen LogP contribution in [-0.2, 0) is 9.53 Å². The van der Waals surface area contributed by atoms with E-state index >= 15 is 0 Å². The van der Waals surface area contributed by atoms with Gasteiger partial charge in [-0.25, -0.2) is 0 Å². The molecule has 1 amide bonds. The molecule has 0 saturated carbocycles. The normalized spacial score (nSPS) is 14.9. The van der Waals surface area contributed by atoms with E-state index in [0.717, 1.165) is 18.7 Å². The maximum atomic E-state index is 12.3. The van der Waals surface area contributed by atoms with Crippen molar-refractivity contribution in [2.45, 2.75) is 6.92 Å². The Balaban J connectivity index is 1.71. The maximum Gasteiger partial charge on any atom is 0.266 e. The van der Waals surface area contributed by atoms with Crippen LogP contribution in [0.1, 0.15) is 11.3 Å². The van der Waals surface area contributed by atoms with E-state index < -0.39 is 5.91 Å². The number of hydrogen-bond acceptors (Lipinski definition) is 5. The van der Waals surface area contributed by atoms with Crippen molar-refractivity contribution in [1.29, 1.82) is 5.26 Å². The maximum absolute atomic E-state index is 12.3.